The Morgan fingerprint density at radius 2 is 2.00 bits per heavy atom. The summed E-state index contributed by atoms with van der Waals surface area (Å²) < 4.78 is 0. The third-order valence-corrected chi connectivity index (χ3v) is 2.05. The second kappa shape index (κ2) is 2.73. The van der Waals surface area contributed by atoms with Crippen LogP contribution in [0.15, 0.2) is 23.4 Å². The topological polar surface area (TPSA) is 43.1 Å². The molecule has 0 bridgehead atoms. The van der Waals surface area contributed by atoms with Crippen molar-refractivity contribution in [2.45, 2.75) is 27.2 Å². The number of nitro groups is 1. The van der Waals surface area contributed by atoms with Crippen LogP contribution in [0, 0.1) is 15.5 Å². The number of hydrogen-bond donors (Lipinski definition) is 0. The highest BCUT2D eigenvalue weighted by Crippen LogP contribution is 2.33. The fourth-order valence-electron chi connectivity index (χ4n) is 1.15. The molecule has 0 aliphatic heterocycles. The van der Waals surface area contributed by atoms with Gasteiger partial charge in [-0.3, -0.25) is 10.1 Å². The van der Waals surface area contributed by atoms with E-state index in [1.54, 1.807) is 6.08 Å². The first kappa shape index (κ1) is 8.97. The summed E-state index contributed by atoms with van der Waals surface area (Å²) >= 11 is 0. The Hall–Kier alpha value is -1.12. The zero-order valence-electron chi connectivity index (χ0n) is 7.63. The molecule has 3 nitrogen and oxygen atoms in total. The Morgan fingerprint density at radius 1 is 1.42 bits per heavy atom. The zero-order valence-corrected chi connectivity index (χ0v) is 7.63. The smallest absolute Gasteiger partial charge is 0.250 e. The van der Waals surface area contributed by atoms with Gasteiger partial charge in [0, 0.05) is 6.08 Å². The molecule has 0 heterocycles. The van der Waals surface area contributed by atoms with Gasteiger partial charge in [0.25, 0.3) is 0 Å². The maximum absolute atomic E-state index is 10.4. The number of hydrogen-bond acceptors (Lipinski definition) is 2. The first-order chi connectivity index (χ1) is 5.41. The molecule has 1 rings (SSSR count). The van der Waals surface area contributed by atoms with Gasteiger partial charge in [0.05, 0.1) is 11.3 Å². The predicted octanol–water partition coefficient (Wildman–Crippen LogP) is 2.52. The van der Waals surface area contributed by atoms with Gasteiger partial charge in [-0.2, -0.15) is 0 Å². The van der Waals surface area contributed by atoms with Gasteiger partial charge in [-0.1, -0.05) is 32.4 Å². The zero-order chi connectivity index (χ0) is 9.35. The largest absolute Gasteiger partial charge is 0.259 e. The number of allylic oxidation sites excluding steroid dienone is 3. The molecule has 0 atom stereocenters. The highest BCUT2D eigenvalue weighted by molar-refractivity contribution is 5.30. The maximum Gasteiger partial charge on any atom is 0.250 e. The average molecular weight is 167 g/mol. The van der Waals surface area contributed by atoms with Crippen LogP contribution in [0.25, 0.3) is 0 Å². The van der Waals surface area contributed by atoms with Crippen LogP contribution in [0.3, 0.4) is 0 Å². The first-order valence-electron chi connectivity index (χ1n) is 3.96. The molecule has 0 saturated carbocycles. The third-order valence-electron chi connectivity index (χ3n) is 2.05. The molecule has 0 aromatic heterocycles. The quantitative estimate of drug-likeness (QED) is 0.445. The molecule has 1 aliphatic rings. The summed E-state index contributed by atoms with van der Waals surface area (Å²) in [5.41, 5.74) is 1.49. The molecule has 0 N–H and O–H groups in total. The minimum absolute atomic E-state index is 0.0499. The standard InChI is InChI=1S/C9H13NO2/c1-9(2,3)7-4-5-8(6-7)10(11)12/h4-5H,6H2,1-3H3. The van der Waals surface area contributed by atoms with E-state index in [2.05, 4.69) is 20.8 Å². The van der Waals surface area contributed by atoms with Crippen LogP contribution >= 0.6 is 0 Å². The minimum Gasteiger partial charge on any atom is -0.259 e. The van der Waals surface area contributed by atoms with E-state index in [4.69, 9.17) is 0 Å². The van der Waals surface area contributed by atoms with Crippen LogP contribution in [-0.2, 0) is 0 Å². The number of rotatable bonds is 1. The van der Waals surface area contributed by atoms with Crippen molar-refractivity contribution in [2.75, 3.05) is 0 Å². The first-order valence-corrected chi connectivity index (χ1v) is 3.96. The summed E-state index contributed by atoms with van der Waals surface area (Å²) in [6, 6.07) is 0. The van der Waals surface area contributed by atoms with Gasteiger partial charge in [0.1, 0.15) is 0 Å². The second-order valence-electron chi connectivity index (χ2n) is 4.03. The molecule has 0 unspecified atom stereocenters. The van der Waals surface area contributed by atoms with Crippen LogP contribution in [0.1, 0.15) is 27.2 Å². The molecule has 0 saturated heterocycles. The summed E-state index contributed by atoms with van der Waals surface area (Å²) in [7, 11) is 0. The van der Waals surface area contributed by atoms with Crippen LogP contribution < -0.4 is 0 Å². The highest BCUT2D eigenvalue weighted by Gasteiger charge is 2.25. The highest BCUT2D eigenvalue weighted by atomic mass is 16.6. The molecule has 0 aromatic rings. The van der Waals surface area contributed by atoms with E-state index in [0.717, 1.165) is 5.57 Å². The van der Waals surface area contributed by atoms with Crippen molar-refractivity contribution in [3.05, 3.63) is 33.5 Å². The van der Waals surface area contributed by atoms with Gasteiger partial charge in [-0.05, 0) is 5.41 Å². The fourth-order valence-corrected chi connectivity index (χ4v) is 1.15. The average Bonchev–Trinajstić information content (AvgIpc) is 2.30. The summed E-state index contributed by atoms with van der Waals surface area (Å²) in [6.45, 7) is 6.20. The van der Waals surface area contributed by atoms with Crippen LogP contribution in [0.5, 0.6) is 0 Å². The molecule has 0 spiro atoms. The van der Waals surface area contributed by atoms with Crippen molar-refractivity contribution in [1.82, 2.24) is 0 Å². The Bertz CT molecular complexity index is 269. The Balaban J connectivity index is 2.69. The second-order valence-corrected chi connectivity index (χ2v) is 4.03. The molecule has 12 heavy (non-hydrogen) atoms. The van der Waals surface area contributed by atoms with Crippen molar-refractivity contribution in [1.29, 1.82) is 0 Å². The van der Waals surface area contributed by atoms with E-state index in [9.17, 15) is 10.1 Å². The fraction of sp³-hybridized carbons (Fsp3) is 0.556. The summed E-state index contributed by atoms with van der Waals surface area (Å²) in [5, 5.41) is 10.4. The summed E-state index contributed by atoms with van der Waals surface area (Å²) in [6.07, 6.45) is 3.95. The van der Waals surface area contributed by atoms with Crippen LogP contribution in [-0.4, -0.2) is 4.92 Å². The normalized spacial score (nSPS) is 17.2. The van der Waals surface area contributed by atoms with Crippen molar-refractivity contribution >= 4 is 0 Å². The molecule has 0 fully saturated rings. The SMILES string of the molecule is CC(C)(C)C1=CC=C([N+](=O)[O-])C1. The lowest BCUT2D eigenvalue weighted by Crippen LogP contribution is -2.09. The molecule has 1 aliphatic carbocycles. The summed E-state index contributed by atoms with van der Waals surface area (Å²) in [5.74, 6) is 0. The monoisotopic (exact) mass is 167 g/mol. The van der Waals surface area contributed by atoms with Crippen molar-refractivity contribution in [3.63, 3.8) is 0 Å². The summed E-state index contributed by atoms with van der Waals surface area (Å²) in [4.78, 5) is 10.1. The van der Waals surface area contributed by atoms with Gasteiger partial charge in [-0.25, -0.2) is 0 Å². The maximum atomic E-state index is 10.4. The predicted molar refractivity (Wildman–Crippen MR) is 47.2 cm³/mol. The molecule has 66 valence electrons. The van der Waals surface area contributed by atoms with Gasteiger partial charge < -0.3 is 0 Å². The van der Waals surface area contributed by atoms with Crippen molar-refractivity contribution in [2.24, 2.45) is 5.41 Å². The molecule has 0 radical (unpaired) electrons. The lowest BCUT2D eigenvalue weighted by Gasteiger charge is -2.19. The molecular formula is C9H13NO2. The van der Waals surface area contributed by atoms with Gasteiger partial charge in [-0.15, -0.1) is 0 Å². The van der Waals surface area contributed by atoms with Crippen molar-refractivity contribution in [3.8, 4) is 0 Å². The Kier molecular flexibility index (Phi) is 2.04. The van der Waals surface area contributed by atoms with Gasteiger partial charge in [0.2, 0.25) is 5.70 Å². The third kappa shape index (κ3) is 1.72. The van der Waals surface area contributed by atoms with E-state index in [1.165, 1.54) is 0 Å². The van der Waals surface area contributed by atoms with E-state index in [-0.39, 0.29) is 10.3 Å². The van der Waals surface area contributed by atoms with Crippen LogP contribution in [0.4, 0.5) is 0 Å². The van der Waals surface area contributed by atoms with E-state index >= 15 is 0 Å². The minimum atomic E-state index is -0.310. The van der Waals surface area contributed by atoms with Crippen LogP contribution in [0.2, 0.25) is 0 Å². The van der Waals surface area contributed by atoms with E-state index < -0.39 is 0 Å². The Labute approximate surface area is 71.9 Å². The number of nitrogens with zero attached hydrogens (tertiary/aromatic N) is 1. The van der Waals surface area contributed by atoms with E-state index in [0.29, 0.717) is 12.1 Å². The Morgan fingerprint density at radius 3 is 2.25 bits per heavy atom. The molecule has 3 heteroatoms. The lowest BCUT2D eigenvalue weighted by atomic mass is 9.86. The molecular weight excluding hydrogens is 154 g/mol. The van der Waals surface area contributed by atoms with Gasteiger partial charge >= 0.3 is 0 Å². The molecule has 0 aromatic carbocycles. The lowest BCUT2D eigenvalue weighted by molar-refractivity contribution is -0.426. The van der Waals surface area contributed by atoms with Crippen molar-refractivity contribution < 1.29 is 4.92 Å². The van der Waals surface area contributed by atoms with Gasteiger partial charge in [0.15, 0.2) is 0 Å². The van der Waals surface area contributed by atoms with E-state index in [1.807, 2.05) is 6.08 Å². The molecule has 0 amide bonds.